The number of nitrogens with one attached hydrogen (secondary N) is 1. The van der Waals surface area contributed by atoms with Crippen LogP contribution in [0.15, 0.2) is 42.9 Å². The average Bonchev–Trinajstić information content (AvgIpc) is 2.96. The molecule has 2 aliphatic rings. The second kappa shape index (κ2) is 6.87. The SMILES string of the molecule is CC1(C)CC2CC(C)(CN2c2ncnc(Nc3cccc4ncccc34)c2[N+](=O)[O-])C1. The van der Waals surface area contributed by atoms with Crippen molar-refractivity contribution in [2.45, 2.75) is 46.1 Å². The van der Waals surface area contributed by atoms with Gasteiger partial charge in [0.25, 0.3) is 0 Å². The Balaban J connectivity index is 1.57. The van der Waals surface area contributed by atoms with Gasteiger partial charge in [-0.3, -0.25) is 15.1 Å². The van der Waals surface area contributed by atoms with Crippen molar-refractivity contribution in [3.05, 3.63) is 53.0 Å². The molecule has 31 heavy (non-hydrogen) atoms. The Labute approximate surface area is 180 Å². The summed E-state index contributed by atoms with van der Waals surface area (Å²) in [4.78, 5) is 27.0. The topological polar surface area (TPSA) is 97.1 Å². The van der Waals surface area contributed by atoms with Crippen LogP contribution in [0.5, 0.6) is 0 Å². The predicted octanol–water partition coefficient (Wildman–Crippen LogP) is 5.08. The number of pyridine rings is 1. The molecule has 0 amide bonds. The van der Waals surface area contributed by atoms with E-state index < -0.39 is 0 Å². The molecule has 160 valence electrons. The first kappa shape index (κ1) is 19.7. The summed E-state index contributed by atoms with van der Waals surface area (Å²) in [7, 11) is 0. The van der Waals surface area contributed by atoms with Gasteiger partial charge in [-0.05, 0) is 54.4 Å². The third-order valence-corrected chi connectivity index (χ3v) is 6.57. The normalized spacial score (nSPS) is 24.4. The molecule has 3 aromatic rings. The first-order chi connectivity index (χ1) is 14.7. The van der Waals surface area contributed by atoms with Crippen LogP contribution in [0.4, 0.5) is 23.0 Å². The quantitative estimate of drug-likeness (QED) is 0.466. The maximum Gasteiger partial charge on any atom is 0.353 e. The molecule has 0 spiro atoms. The van der Waals surface area contributed by atoms with Crippen molar-refractivity contribution in [3.63, 3.8) is 0 Å². The van der Waals surface area contributed by atoms with Gasteiger partial charge in [0.15, 0.2) is 0 Å². The van der Waals surface area contributed by atoms with E-state index in [9.17, 15) is 10.1 Å². The first-order valence-electron chi connectivity index (χ1n) is 10.6. The van der Waals surface area contributed by atoms with Crippen molar-refractivity contribution in [3.8, 4) is 0 Å². The zero-order chi connectivity index (χ0) is 21.8. The van der Waals surface area contributed by atoms with Gasteiger partial charge in [-0.1, -0.05) is 26.8 Å². The zero-order valence-corrected chi connectivity index (χ0v) is 18.0. The van der Waals surface area contributed by atoms with Crippen LogP contribution in [-0.2, 0) is 0 Å². The summed E-state index contributed by atoms with van der Waals surface area (Å²) in [6, 6.07) is 9.69. The minimum Gasteiger partial charge on any atom is -0.347 e. The number of fused-ring (bicyclic) bond motifs is 3. The minimum absolute atomic E-state index is 0.0719. The van der Waals surface area contributed by atoms with Gasteiger partial charge in [0, 0.05) is 29.9 Å². The molecule has 1 aromatic carbocycles. The Morgan fingerprint density at radius 3 is 2.77 bits per heavy atom. The lowest BCUT2D eigenvalue weighted by molar-refractivity contribution is -0.383. The molecule has 2 atom stereocenters. The van der Waals surface area contributed by atoms with E-state index in [1.807, 2.05) is 30.3 Å². The van der Waals surface area contributed by atoms with Crippen molar-refractivity contribution in [2.75, 3.05) is 16.8 Å². The highest BCUT2D eigenvalue weighted by atomic mass is 16.6. The number of hydrogen-bond acceptors (Lipinski definition) is 7. The molecule has 1 N–H and O–H groups in total. The number of benzene rings is 1. The molecule has 1 aliphatic carbocycles. The lowest BCUT2D eigenvalue weighted by Crippen LogP contribution is -2.35. The highest BCUT2D eigenvalue weighted by Gasteiger charge is 2.51. The Kier molecular flexibility index (Phi) is 4.35. The molecule has 1 aliphatic heterocycles. The van der Waals surface area contributed by atoms with Crippen LogP contribution in [0.3, 0.4) is 0 Å². The van der Waals surface area contributed by atoms with E-state index in [0.717, 1.165) is 42.4 Å². The predicted molar refractivity (Wildman–Crippen MR) is 121 cm³/mol. The molecule has 2 unspecified atom stereocenters. The van der Waals surface area contributed by atoms with E-state index in [1.54, 1.807) is 6.20 Å². The largest absolute Gasteiger partial charge is 0.353 e. The van der Waals surface area contributed by atoms with Crippen LogP contribution in [0.25, 0.3) is 10.9 Å². The van der Waals surface area contributed by atoms with Crippen molar-refractivity contribution < 1.29 is 4.92 Å². The number of aromatic nitrogens is 3. The van der Waals surface area contributed by atoms with Crippen LogP contribution in [0.2, 0.25) is 0 Å². The maximum atomic E-state index is 12.2. The molecule has 0 radical (unpaired) electrons. The van der Waals surface area contributed by atoms with Crippen molar-refractivity contribution >= 4 is 33.9 Å². The third kappa shape index (κ3) is 3.45. The number of anilines is 3. The van der Waals surface area contributed by atoms with Gasteiger partial charge < -0.3 is 10.2 Å². The first-order valence-corrected chi connectivity index (χ1v) is 10.6. The number of nitrogens with zero attached hydrogens (tertiary/aromatic N) is 5. The summed E-state index contributed by atoms with van der Waals surface area (Å²) in [6.45, 7) is 7.64. The van der Waals surface area contributed by atoms with Crippen LogP contribution in [-0.4, -0.2) is 32.5 Å². The Morgan fingerprint density at radius 2 is 1.97 bits per heavy atom. The molecule has 5 rings (SSSR count). The molecule has 8 heteroatoms. The van der Waals surface area contributed by atoms with Gasteiger partial charge in [-0.2, -0.15) is 0 Å². The fourth-order valence-corrected chi connectivity index (χ4v) is 5.89. The molecule has 3 heterocycles. The fraction of sp³-hybridized carbons (Fsp3) is 0.435. The molecular weight excluding hydrogens is 392 g/mol. The summed E-state index contributed by atoms with van der Waals surface area (Å²) in [5.41, 5.74) is 1.82. The highest BCUT2D eigenvalue weighted by Crippen LogP contribution is 2.54. The molecule has 2 fully saturated rings. The Morgan fingerprint density at radius 1 is 1.13 bits per heavy atom. The van der Waals surface area contributed by atoms with E-state index in [1.165, 1.54) is 6.33 Å². The molecule has 2 aromatic heterocycles. The second-order valence-electron chi connectivity index (χ2n) is 9.99. The van der Waals surface area contributed by atoms with E-state index in [4.69, 9.17) is 0 Å². The second-order valence-corrected chi connectivity index (χ2v) is 9.99. The summed E-state index contributed by atoms with van der Waals surface area (Å²) in [6.07, 6.45) is 6.30. The Bertz CT molecular complexity index is 1170. The van der Waals surface area contributed by atoms with Crippen molar-refractivity contribution in [1.29, 1.82) is 0 Å². The van der Waals surface area contributed by atoms with Gasteiger partial charge in [0.05, 0.1) is 10.4 Å². The third-order valence-electron chi connectivity index (χ3n) is 6.57. The smallest absolute Gasteiger partial charge is 0.347 e. The summed E-state index contributed by atoms with van der Waals surface area (Å²) in [5.74, 6) is 0.615. The summed E-state index contributed by atoms with van der Waals surface area (Å²) >= 11 is 0. The monoisotopic (exact) mass is 418 g/mol. The molecule has 1 saturated heterocycles. The lowest BCUT2D eigenvalue weighted by Gasteiger charge is -2.39. The number of rotatable bonds is 4. The van der Waals surface area contributed by atoms with E-state index in [0.29, 0.717) is 5.82 Å². The summed E-state index contributed by atoms with van der Waals surface area (Å²) in [5, 5.41) is 16.3. The molecule has 2 bridgehead atoms. The molecule has 8 nitrogen and oxygen atoms in total. The summed E-state index contributed by atoms with van der Waals surface area (Å²) < 4.78 is 0. The van der Waals surface area contributed by atoms with Crippen LogP contribution in [0.1, 0.15) is 40.0 Å². The van der Waals surface area contributed by atoms with Gasteiger partial charge in [0.2, 0.25) is 11.6 Å². The van der Waals surface area contributed by atoms with Crippen LogP contribution in [0, 0.1) is 20.9 Å². The molecule has 1 saturated carbocycles. The standard InChI is InChI=1S/C23H26N6O2/c1-22(2)10-15-11-23(3,12-22)13-28(15)21-19(29(30)31)20(25-14-26-21)27-18-8-4-7-17-16(18)6-5-9-24-17/h4-9,14-15H,10-13H2,1-3H3,(H,25,26,27). The van der Waals surface area contributed by atoms with Gasteiger partial charge in [0.1, 0.15) is 6.33 Å². The lowest BCUT2D eigenvalue weighted by atomic mass is 9.65. The van der Waals surface area contributed by atoms with Crippen molar-refractivity contribution in [1.82, 2.24) is 15.0 Å². The number of nitro groups is 1. The van der Waals surface area contributed by atoms with E-state index in [2.05, 4.69) is 45.9 Å². The Hall–Kier alpha value is -3.29. The van der Waals surface area contributed by atoms with Gasteiger partial charge in [-0.25, -0.2) is 9.97 Å². The van der Waals surface area contributed by atoms with Crippen molar-refractivity contribution in [2.24, 2.45) is 10.8 Å². The van der Waals surface area contributed by atoms with Crippen LogP contribution < -0.4 is 10.2 Å². The van der Waals surface area contributed by atoms with E-state index >= 15 is 0 Å². The fourth-order valence-electron chi connectivity index (χ4n) is 5.89. The maximum absolute atomic E-state index is 12.2. The zero-order valence-electron chi connectivity index (χ0n) is 18.0. The molecular formula is C23H26N6O2. The van der Waals surface area contributed by atoms with Gasteiger partial charge >= 0.3 is 5.69 Å². The highest BCUT2D eigenvalue weighted by molar-refractivity contribution is 5.93. The van der Waals surface area contributed by atoms with Crippen LogP contribution >= 0.6 is 0 Å². The average molecular weight is 419 g/mol. The minimum atomic E-state index is -0.364. The van der Waals surface area contributed by atoms with E-state index in [-0.39, 0.29) is 33.3 Å². The number of hydrogen-bond donors (Lipinski definition) is 1. The van der Waals surface area contributed by atoms with Gasteiger partial charge in [-0.15, -0.1) is 0 Å².